The molecule has 0 aliphatic heterocycles. The van der Waals surface area contributed by atoms with Gasteiger partial charge in [0, 0.05) is 12.1 Å². The maximum atomic E-state index is 13.7. The third kappa shape index (κ3) is 6.09. The molecule has 0 fully saturated rings. The summed E-state index contributed by atoms with van der Waals surface area (Å²) in [5, 5.41) is 2.60. The Kier molecular flexibility index (Phi) is 8.13. The summed E-state index contributed by atoms with van der Waals surface area (Å²) >= 11 is 0. The van der Waals surface area contributed by atoms with E-state index < -0.39 is 34.2 Å². The number of nitrogens with zero attached hydrogens (tertiary/aromatic N) is 1. The van der Waals surface area contributed by atoms with Gasteiger partial charge in [-0.05, 0) is 48.9 Å². The predicted molar refractivity (Wildman–Crippen MR) is 129 cm³/mol. The number of halogens is 3. The van der Waals surface area contributed by atoms with Crippen LogP contribution in [0, 0.1) is 6.92 Å². The summed E-state index contributed by atoms with van der Waals surface area (Å²) in [6.45, 7) is 0.913. The largest absolute Gasteiger partial charge is 0.496 e. The van der Waals surface area contributed by atoms with Crippen molar-refractivity contribution in [2.75, 3.05) is 25.1 Å². The van der Waals surface area contributed by atoms with Crippen molar-refractivity contribution < 1.29 is 35.9 Å². The smallest absolute Gasteiger partial charge is 0.416 e. The second kappa shape index (κ2) is 10.9. The number of hydrogen-bond acceptors (Lipinski definition) is 5. The molecule has 1 amide bonds. The average Bonchev–Trinajstić information content (AvgIpc) is 2.85. The first-order valence-electron chi connectivity index (χ1n) is 10.7. The molecule has 0 saturated carbocycles. The van der Waals surface area contributed by atoms with Crippen molar-refractivity contribution in [2.45, 2.75) is 24.5 Å². The van der Waals surface area contributed by atoms with Crippen LogP contribution in [0.1, 0.15) is 16.7 Å². The summed E-state index contributed by atoms with van der Waals surface area (Å²) in [5.74, 6) is -0.217. The normalized spacial score (nSPS) is 11.6. The molecular weight excluding hydrogens is 497 g/mol. The Bertz CT molecular complexity index is 1340. The van der Waals surface area contributed by atoms with Crippen molar-refractivity contribution in [3.63, 3.8) is 0 Å². The Balaban J connectivity index is 2.01. The van der Waals surface area contributed by atoms with Gasteiger partial charge >= 0.3 is 6.18 Å². The van der Waals surface area contributed by atoms with Crippen LogP contribution in [-0.2, 0) is 27.5 Å². The van der Waals surface area contributed by atoms with Crippen molar-refractivity contribution in [2.24, 2.45) is 0 Å². The lowest BCUT2D eigenvalue weighted by atomic mass is 10.2. The molecule has 0 aliphatic rings. The van der Waals surface area contributed by atoms with Gasteiger partial charge in [-0.25, -0.2) is 8.42 Å². The number of ether oxygens (including phenoxy) is 2. The van der Waals surface area contributed by atoms with Crippen molar-refractivity contribution in [3.8, 4) is 11.5 Å². The highest BCUT2D eigenvalue weighted by Gasteiger charge is 2.34. The maximum Gasteiger partial charge on any atom is 0.416 e. The summed E-state index contributed by atoms with van der Waals surface area (Å²) in [6, 6.07) is 15.1. The number of alkyl halides is 3. The predicted octanol–water partition coefficient (Wildman–Crippen LogP) is 4.54. The van der Waals surface area contributed by atoms with E-state index in [-0.39, 0.29) is 22.9 Å². The molecule has 0 aliphatic carbocycles. The van der Waals surface area contributed by atoms with Crippen LogP contribution in [0.2, 0.25) is 0 Å². The molecule has 0 aromatic heterocycles. The minimum Gasteiger partial charge on any atom is -0.496 e. The van der Waals surface area contributed by atoms with Gasteiger partial charge in [0.25, 0.3) is 10.0 Å². The van der Waals surface area contributed by atoms with Crippen LogP contribution in [-0.4, -0.2) is 35.1 Å². The number of aryl methyl sites for hydroxylation is 1. The molecule has 0 unspecified atom stereocenters. The standard InChI is InChI=1S/C25H25F3N2O5S/c1-17-11-12-22(35-3)23(13-17)36(32,33)30(20-9-6-8-19(14-20)25(26,27)28)16-24(31)29-15-18-7-4-5-10-21(18)34-2/h4-14H,15-16H2,1-3H3,(H,29,31). The highest BCUT2D eigenvalue weighted by molar-refractivity contribution is 7.93. The molecule has 11 heteroatoms. The number of sulfonamides is 1. The Morgan fingerprint density at radius 3 is 2.31 bits per heavy atom. The van der Waals surface area contributed by atoms with Crippen molar-refractivity contribution in [1.82, 2.24) is 5.32 Å². The van der Waals surface area contributed by atoms with Crippen LogP contribution in [0.3, 0.4) is 0 Å². The van der Waals surface area contributed by atoms with Gasteiger partial charge in [-0.2, -0.15) is 13.2 Å². The van der Waals surface area contributed by atoms with Gasteiger partial charge in [0.1, 0.15) is 22.9 Å². The molecule has 3 aromatic rings. The molecule has 3 rings (SSSR count). The summed E-state index contributed by atoms with van der Waals surface area (Å²) in [6.07, 6.45) is -4.71. The lowest BCUT2D eigenvalue weighted by molar-refractivity contribution is -0.137. The van der Waals surface area contributed by atoms with E-state index in [9.17, 15) is 26.4 Å². The van der Waals surface area contributed by atoms with Gasteiger partial charge < -0.3 is 14.8 Å². The van der Waals surface area contributed by atoms with E-state index in [0.717, 1.165) is 12.1 Å². The average molecular weight is 523 g/mol. The van der Waals surface area contributed by atoms with Crippen LogP contribution in [0.4, 0.5) is 18.9 Å². The lowest BCUT2D eigenvalue weighted by Gasteiger charge is -2.26. The number of nitrogens with one attached hydrogen (secondary N) is 1. The fourth-order valence-electron chi connectivity index (χ4n) is 3.49. The van der Waals surface area contributed by atoms with Gasteiger partial charge in [-0.3, -0.25) is 9.10 Å². The Labute approximate surface area is 207 Å². The van der Waals surface area contributed by atoms with Crippen LogP contribution >= 0.6 is 0 Å². The Morgan fingerprint density at radius 1 is 0.944 bits per heavy atom. The SMILES string of the molecule is COc1ccccc1CNC(=O)CN(c1cccc(C(F)(F)F)c1)S(=O)(=O)c1cc(C)ccc1OC. The van der Waals surface area contributed by atoms with Crippen molar-refractivity contribution in [1.29, 1.82) is 0 Å². The Morgan fingerprint density at radius 2 is 1.64 bits per heavy atom. The number of amides is 1. The van der Waals surface area contributed by atoms with Crippen LogP contribution in [0.5, 0.6) is 11.5 Å². The van der Waals surface area contributed by atoms with Crippen LogP contribution in [0.25, 0.3) is 0 Å². The van der Waals surface area contributed by atoms with E-state index in [0.29, 0.717) is 27.2 Å². The quantitative estimate of drug-likeness (QED) is 0.446. The van der Waals surface area contributed by atoms with Crippen molar-refractivity contribution >= 4 is 21.6 Å². The number of benzene rings is 3. The molecule has 7 nitrogen and oxygen atoms in total. The lowest BCUT2D eigenvalue weighted by Crippen LogP contribution is -2.41. The minimum atomic E-state index is -4.71. The highest BCUT2D eigenvalue weighted by Crippen LogP contribution is 2.35. The number of anilines is 1. The van der Waals surface area contributed by atoms with E-state index in [4.69, 9.17) is 9.47 Å². The zero-order chi connectivity index (χ0) is 26.5. The molecule has 1 N–H and O–H groups in total. The zero-order valence-corrected chi connectivity index (χ0v) is 20.6. The number of para-hydroxylation sites is 1. The third-order valence-corrected chi connectivity index (χ3v) is 7.10. The highest BCUT2D eigenvalue weighted by atomic mass is 32.2. The Hall–Kier alpha value is -3.73. The third-order valence-electron chi connectivity index (χ3n) is 5.30. The van der Waals surface area contributed by atoms with E-state index in [2.05, 4.69) is 5.32 Å². The fraction of sp³-hybridized carbons (Fsp3) is 0.240. The molecule has 0 bridgehead atoms. The molecule has 0 atom stereocenters. The van der Waals surface area contributed by atoms with Crippen LogP contribution < -0.4 is 19.1 Å². The maximum absolute atomic E-state index is 13.7. The molecule has 0 radical (unpaired) electrons. The second-order valence-corrected chi connectivity index (χ2v) is 9.63. The number of hydrogen-bond donors (Lipinski definition) is 1. The summed E-state index contributed by atoms with van der Waals surface area (Å²) in [4.78, 5) is 12.6. The number of carbonyl (C=O) groups excluding carboxylic acids is 1. The van der Waals surface area contributed by atoms with Gasteiger partial charge in [0.15, 0.2) is 0 Å². The first-order chi connectivity index (χ1) is 17.0. The van der Waals surface area contributed by atoms with Gasteiger partial charge in [0.2, 0.25) is 5.91 Å². The monoisotopic (exact) mass is 522 g/mol. The fourth-order valence-corrected chi connectivity index (χ4v) is 5.14. The second-order valence-electron chi connectivity index (χ2n) is 7.80. The minimum absolute atomic E-state index is 0.00740. The molecule has 0 spiro atoms. The van der Waals surface area contributed by atoms with E-state index >= 15 is 0 Å². The summed E-state index contributed by atoms with van der Waals surface area (Å²) < 4.78 is 78.6. The molecule has 0 heterocycles. The van der Waals surface area contributed by atoms with Gasteiger partial charge in [-0.15, -0.1) is 0 Å². The number of carbonyl (C=O) groups is 1. The molecule has 36 heavy (non-hydrogen) atoms. The molecule has 192 valence electrons. The first kappa shape index (κ1) is 26.9. The molecule has 3 aromatic carbocycles. The van der Waals surface area contributed by atoms with E-state index in [1.54, 1.807) is 37.3 Å². The number of methoxy groups -OCH3 is 2. The molecular formula is C25H25F3N2O5S. The van der Waals surface area contributed by atoms with Crippen molar-refractivity contribution in [3.05, 3.63) is 83.4 Å². The molecule has 0 saturated heterocycles. The van der Waals surface area contributed by atoms with E-state index in [1.165, 1.54) is 32.4 Å². The number of rotatable bonds is 9. The summed E-state index contributed by atoms with van der Waals surface area (Å²) in [5.41, 5.74) is -0.146. The van der Waals surface area contributed by atoms with Gasteiger partial charge in [-0.1, -0.05) is 30.3 Å². The first-order valence-corrected chi connectivity index (χ1v) is 12.1. The van der Waals surface area contributed by atoms with Crippen LogP contribution in [0.15, 0.2) is 71.6 Å². The topological polar surface area (TPSA) is 84.9 Å². The van der Waals surface area contributed by atoms with E-state index in [1.807, 2.05) is 0 Å². The zero-order valence-electron chi connectivity index (χ0n) is 19.8. The summed E-state index contributed by atoms with van der Waals surface area (Å²) in [7, 11) is -1.77. The van der Waals surface area contributed by atoms with Gasteiger partial charge in [0.05, 0.1) is 25.5 Å².